The summed E-state index contributed by atoms with van der Waals surface area (Å²) in [5.74, 6) is 0.839. The molecule has 1 N–H and O–H groups in total. The molecule has 6 nitrogen and oxygen atoms in total. The third-order valence-corrected chi connectivity index (χ3v) is 4.36. The Morgan fingerprint density at radius 1 is 1.37 bits per heavy atom. The smallest absolute Gasteiger partial charge is 0.263 e. The van der Waals surface area contributed by atoms with E-state index in [-0.39, 0.29) is 10.7 Å². The second kappa shape index (κ2) is 5.22. The number of hydrogen-bond acceptors (Lipinski definition) is 4. The van der Waals surface area contributed by atoms with Gasteiger partial charge in [-0.2, -0.15) is 5.10 Å². The number of aryl methyl sites for hydroxylation is 1. The van der Waals surface area contributed by atoms with Crippen LogP contribution in [0.2, 0.25) is 0 Å². The quantitative estimate of drug-likeness (QED) is 0.919. The lowest BCUT2D eigenvalue weighted by Gasteiger charge is -2.08. The van der Waals surface area contributed by atoms with Crippen LogP contribution in [0.3, 0.4) is 0 Å². The Kier molecular flexibility index (Phi) is 3.81. The van der Waals surface area contributed by atoms with Crippen LogP contribution < -0.4 is 9.46 Å². The molecule has 2 rings (SSSR count). The van der Waals surface area contributed by atoms with Crippen molar-refractivity contribution < 1.29 is 13.2 Å². The molecule has 0 aliphatic heterocycles. The number of hydrogen-bond donors (Lipinski definition) is 1. The second-order valence-electron chi connectivity index (χ2n) is 3.78. The van der Waals surface area contributed by atoms with Gasteiger partial charge in [0.15, 0.2) is 5.82 Å². The molecule has 0 amide bonds. The molecule has 8 heteroatoms. The molecule has 0 atom stereocenters. The molecule has 1 aromatic carbocycles. The third-order valence-electron chi connectivity index (χ3n) is 2.39. The number of sulfonamides is 1. The second-order valence-corrected chi connectivity index (χ2v) is 6.31. The first-order valence-electron chi connectivity index (χ1n) is 5.28. The molecule has 0 aliphatic rings. The summed E-state index contributed by atoms with van der Waals surface area (Å²) in [6, 6.07) is 6.10. The molecule has 0 fully saturated rings. The van der Waals surface area contributed by atoms with Crippen molar-refractivity contribution in [3.8, 4) is 5.75 Å². The first-order valence-corrected chi connectivity index (χ1v) is 7.56. The highest BCUT2D eigenvalue weighted by Crippen LogP contribution is 2.28. The van der Waals surface area contributed by atoms with Gasteiger partial charge >= 0.3 is 0 Å². The minimum Gasteiger partial charge on any atom is -0.496 e. The topological polar surface area (TPSA) is 73.2 Å². The minimum absolute atomic E-state index is 0.130. The maximum absolute atomic E-state index is 12.1. The van der Waals surface area contributed by atoms with E-state index in [1.165, 1.54) is 23.9 Å². The van der Waals surface area contributed by atoms with E-state index in [1.807, 2.05) is 0 Å². The van der Waals surface area contributed by atoms with E-state index in [1.54, 1.807) is 25.4 Å². The molecular formula is C11H12BrN3O3S. The zero-order chi connectivity index (χ0) is 14.0. The molecule has 0 unspecified atom stereocenters. The molecule has 1 heterocycles. The lowest BCUT2D eigenvalue weighted by Crippen LogP contribution is -2.13. The number of methoxy groups -OCH3 is 1. The zero-order valence-corrected chi connectivity index (χ0v) is 12.7. The van der Waals surface area contributed by atoms with Crippen molar-refractivity contribution in [2.75, 3.05) is 11.8 Å². The Morgan fingerprint density at radius 3 is 2.63 bits per heavy atom. The van der Waals surface area contributed by atoms with Crippen molar-refractivity contribution in [1.82, 2.24) is 9.78 Å². The molecule has 19 heavy (non-hydrogen) atoms. The Labute approximate surface area is 119 Å². The number of halogens is 1. The first kappa shape index (κ1) is 13.9. The van der Waals surface area contributed by atoms with Crippen molar-refractivity contribution in [2.45, 2.75) is 4.90 Å². The molecule has 0 spiro atoms. The number of benzene rings is 1. The van der Waals surface area contributed by atoms with Gasteiger partial charge in [0.05, 0.1) is 16.5 Å². The largest absolute Gasteiger partial charge is 0.496 e. The van der Waals surface area contributed by atoms with Crippen molar-refractivity contribution in [3.63, 3.8) is 0 Å². The Balaban J connectivity index is 2.31. The molecule has 2 aromatic rings. The van der Waals surface area contributed by atoms with E-state index in [0.29, 0.717) is 10.2 Å². The van der Waals surface area contributed by atoms with E-state index in [4.69, 9.17) is 4.74 Å². The normalized spacial score (nSPS) is 11.3. The van der Waals surface area contributed by atoms with Crippen molar-refractivity contribution in [3.05, 3.63) is 34.9 Å². The summed E-state index contributed by atoms with van der Waals surface area (Å²) in [7, 11) is -0.434. The van der Waals surface area contributed by atoms with Crippen LogP contribution in [0.15, 0.2) is 39.8 Å². The summed E-state index contributed by atoms with van der Waals surface area (Å²) >= 11 is 3.25. The molecule has 1 aromatic heterocycles. The Hall–Kier alpha value is -1.54. The molecule has 102 valence electrons. The summed E-state index contributed by atoms with van der Waals surface area (Å²) in [4.78, 5) is 0.130. The van der Waals surface area contributed by atoms with E-state index in [2.05, 4.69) is 25.8 Å². The van der Waals surface area contributed by atoms with Crippen LogP contribution in [-0.2, 0) is 17.1 Å². The summed E-state index contributed by atoms with van der Waals surface area (Å²) in [6.45, 7) is 0. The number of nitrogens with zero attached hydrogens (tertiary/aromatic N) is 2. The highest BCUT2D eigenvalue weighted by molar-refractivity contribution is 9.10. The van der Waals surface area contributed by atoms with E-state index < -0.39 is 10.0 Å². The Morgan fingerprint density at radius 2 is 2.11 bits per heavy atom. The van der Waals surface area contributed by atoms with E-state index in [9.17, 15) is 8.42 Å². The summed E-state index contributed by atoms with van der Waals surface area (Å²) in [6.07, 6.45) is 1.65. The Bertz CT molecular complexity index is 697. The van der Waals surface area contributed by atoms with Crippen LogP contribution in [-0.4, -0.2) is 25.3 Å². The lowest BCUT2D eigenvalue weighted by atomic mass is 10.3. The fourth-order valence-corrected chi connectivity index (χ4v) is 3.19. The molecule has 0 aliphatic carbocycles. The van der Waals surface area contributed by atoms with Crippen LogP contribution in [0, 0.1) is 0 Å². The van der Waals surface area contributed by atoms with Crippen LogP contribution in [0.25, 0.3) is 0 Å². The monoisotopic (exact) mass is 345 g/mol. The summed E-state index contributed by atoms with van der Waals surface area (Å²) in [5, 5.41) is 3.97. The first-order chi connectivity index (χ1) is 8.92. The van der Waals surface area contributed by atoms with Gasteiger partial charge in [0, 0.05) is 19.3 Å². The number of nitrogens with one attached hydrogen (secondary N) is 1. The maximum atomic E-state index is 12.1. The van der Waals surface area contributed by atoms with Gasteiger partial charge in [0.1, 0.15) is 5.75 Å². The van der Waals surface area contributed by atoms with E-state index >= 15 is 0 Å². The fraction of sp³-hybridized carbons (Fsp3) is 0.182. The van der Waals surface area contributed by atoms with Gasteiger partial charge in [-0.25, -0.2) is 8.42 Å². The molecule has 0 saturated carbocycles. The zero-order valence-electron chi connectivity index (χ0n) is 10.3. The number of rotatable bonds is 4. The van der Waals surface area contributed by atoms with E-state index in [0.717, 1.165) is 0 Å². The van der Waals surface area contributed by atoms with Crippen LogP contribution in [0.5, 0.6) is 5.75 Å². The lowest BCUT2D eigenvalue weighted by molar-refractivity contribution is 0.411. The van der Waals surface area contributed by atoms with Gasteiger partial charge in [-0.1, -0.05) is 0 Å². The average molecular weight is 346 g/mol. The van der Waals surface area contributed by atoms with Gasteiger partial charge in [0.2, 0.25) is 0 Å². The van der Waals surface area contributed by atoms with Crippen molar-refractivity contribution in [2.24, 2.45) is 7.05 Å². The van der Waals surface area contributed by atoms with Gasteiger partial charge < -0.3 is 4.74 Å². The highest BCUT2D eigenvalue weighted by atomic mass is 79.9. The molecule has 0 saturated heterocycles. The van der Waals surface area contributed by atoms with Crippen LogP contribution in [0.1, 0.15) is 0 Å². The van der Waals surface area contributed by atoms with Crippen LogP contribution in [0.4, 0.5) is 5.82 Å². The summed E-state index contributed by atoms with van der Waals surface area (Å²) in [5.41, 5.74) is 0. The van der Waals surface area contributed by atoms with Crippen molar-refractivity contribution in [1.29, 1.82) is 0 Å². The maximum Gasteiger partial charge on any atom is 0.263 e. The fourth-order valence-electron chi connectivity index (χ4n) is 1.48. The molecular weight excluding hydrogens is 334 g/mol. The van der Waals surface area contributed by atoms with Gasteiger partial charge in [-0.05, 0) is 34.1 Å². The molecule has 0 bridgehead atoms. The minimum atomic E-state index is -3.66. The number of aromatic nitrogens is 2. The highest BCUT2D eigenvalue weighted by Gasteiger charge is 2.17. The average Bonchev–Trinajstić information content (AvgIpc) is 2.73. The van der Waals surface area contributed by atoms with Gasteiger partial charge in [-0.15, -0.1) is 0 Å². The standard InChI is InChI=1S/C11H12BrN3O3S/c1-15-6-5-11(13-15)14-19(16,17)8-3-4-10(18-2)9(12)7-8/h3-7H,1-2H3,(H,13,14). The van der Waals surface area contributed by atoms with Crippen LogP contribution >= 0.6 is 15.9 Å². The molecule has 0 radical (unpaired) electrons. The van der Waals surface area contributed by atoms with Gasteiger partial charge in [-0.3, -0.25) is 9.40 Å². The van der Waals surface area contributed by atoms with Crippen molar-refractivity contribution >= 4 is 31.8 Å². The predicted octanol–water partition coefficient (Wildman–Crippen LogP) is 1.99. The third kappa shape index (κ3) is 3.07. The number of ether oxygens (including phenoxy) is 1. The SMILES string of the molecule is COc1ccc(S(=O)(=O)Nc2ccn(C)n2)cc1Br. The van der Waals surface area contributed by atoms with Gasteiger partial charge in [0.25, 0.3) is 10.0 Å². The summed E-state index contributed by atoms with van der Waals surface area (Å²) < 4.78 is 33.8. The predicted molar refractivity (Wildman–Crippen MR) is 74.7 cm³/mol. The number of anilines is 1.